The molecule has 10 heteroatoms. The molecule has 0 saturated carbocycles. The van der Waals surface area contributed by atoms with Gasteiger partial charge in [0.25, 0.3) is 0 Å². The van der Waals surface area contributed by atoms with Crippen LogP contribution >= 0.6 is 0 Å². The van der Waals surface area contributed by atoms with E-state index in [0.717, 1.165) is 0 Å². The largest absolute Gasteiger partial charge is 0.478 e. The number of nitrogens with zero attached hydrogens (tertiary/aromatic N) is 2. The Morgan fingerprint density at radius 3 is 1.20 bits per heavy atom. The Morgan fingerprint density at radius 2 is 0.967 bits per heavy atom. The fraction of sp³-hybridized carbons (Fsp3) is 0.100. The van der Waals surface area contributed by atoms with Gasteiger partial charge in [0.15, 0.2) is 0 Å². The molecule has 30 heavy (non-hydrogen) atoms. The molecule has 0 aliphatic heterocycles. The minimum absolute atomic E-state index is 0.136. The van der Waals surface area contributed by atoms with Gasteiger partial charge in [0, 0.05) is 0 Å². The van der Waals surface area contributed by atoms with Crippen molar-refractivity contribution in [2.24, 2.45) is 0 Å². The number of benzene rings is 2. The average molecular weight is 408 g/mol. The molecule has 2 N–H and O–H groups in total. The van der Waals surface area contributed by atoms with E-state index in [1.165, 1.54) is 48.5 Å². The summed E-state index contributed by atoms with van der Waals surface area (Å²) in [5.74, 6) is -6.07. The number of rotatable bonds is 7. The van der Waals surface area contributed by atoms with Gasteiger partial charge < -0.3 is 19.7 Å². The number of carboxylic acid groups (broad SMARTS) is 2. The summed E-state index contributed by atoms with van der Waals surface area (Å²) >= 11 is 0. The van der Waals surface area contributed by atoms with Gasteiger partial charge in [-0.25, -0.2) is 19.2 Å². The van der Waals surface area contributed by atoms with E-state index in [4.69, 9.17) is 20.0 Å². The summed E-state index contributed by atoms with van der Waals surface area (Å²) in [6.45, 7) is 0. The van der Waals surface area contributed by atoms with Gasteiger partial charge in [0.2, 0.25) is 12.2 Å². The van der Waals surface area contributed by atoms with E-state index in [0.29, 0.717) is 0 Å². The van der Waals surface area contributed by atoms with E-state index in [1.807, 2.05) is 12.1 Å². The Kier molecular flexibility index (Phi) is 6.83. The molecule has 0 aliphatic rings. The first kappa shape index (κ1) is 21.6. The van der Waals surface area contributed by atoms with Crippen LogP contribution in [0.1, 0.15) is 31.8 Å². The number of ether oxygens (including phenoxy) is 2. The highest BCUT2D eigenvalue weighted by Crippen LogP contribution is 2.14. The van der Waals surface area contributed by atoms with Crippen molar-refractivity contribution in [2.75, 3.05) is 0 Å². The fourth-order valence-corrected chi connectivity index (χ4v) is 2.21. The van der Waals surface area contributed by atoms with Crippen LogP contribution < -0.4 is 0 Å². The van der Waals surface area contributed by atoms with Crippen molar-refractivity contribution in [2.45, 2.75) is 12.2 Å². The van der Waals surface area contributed by atoms with Crippen molar-refractivity contribution in [3.63, 3.8) is 0 Å². The molecule has 2 aromatic rings. The van der Waals surface area contributed by atoms with Gasteiger partial charge in [-0.1, -0.05) is 0 Å². The third-order valence-corrected chi connectivity index (χ3v) is 3.73. The summed E-state index contributed by atoms with van der Waals surface area (Å²) in [5, 5.41) is 36.1. The Hall–Kier alpha value is -4.70. The Labute approximate surface area is 169 Å². The topological polar surface area (TPSA) is 175 Å². The molecule has 0 heterocycles. The lowest BCUT2D eigenvalue weighted by Gasteiger charge is -2.21. The molecule has 0 aliphatic carbocycles. The standard InChI is InChI=1S/C20H12N2O8/c21-9-11-1-5-13(6-2-11)19(27)29-15(17(23)24)16(18(25)26)30-20(28)14-7-3-12(10-22)4-8-14/h1-8,15-16H,(H,23,24)(H,25,26). The molecular weight excluding hydrogens is 396 g/mol. The number of hydrogen-bond acceptors (Lipinski definition) is 8. The maximum atomic E-state index is 12.2. The Morgan fingerprint density at radius 1 is 0.667 bits per heavy atom. The molecule has 2 rings (SSSR count). The molecule has 0 fully saturated rings. The predicted molar refractivity (Wildman–Crippen MR) is 96.0 cm³/mol. The van der Waals surface area contributed by atoms with Crippen LogP contribution in [0.5, 0.6) is 0 Å². The zero-order valence-electron chi connectivity index (χ0n) is 15.0. The van der Waals surface area contributed by atoms with Crippen LogP contribution in [0.3, 0.4) is 0 Å². The Bertz CT molecular complexity index is 974. The lowest BCUT2D eigenvalue weighted by molar-refractivity contribution is -0.166. The molecule has 2 atom stereocenters. The van der Waals surface area contributed by atoms with Gasteiger partial charge in [-0.2, -0.15) is 10.5 Å². The lowest BCUT2D eigenvalue weighted by atomic mass is 10.1. The molecule has 0 saturated heterocycles. The van der Waals surface area contributed by atoms with Gasteiger partial charge in [0.1, 0.15) is 0 Å². The minimum atomic E-state index is -2.34. The summed E-state index contributed by atoms with van der Waals surface area (Å²) in [5.41, 5.74) is 0.202. The number of carbonyl (C=O) groups excluding carboxylic acids is 2. The first-order valence-corrected chi connectivity index (χ1v) is 8.14. The molecule has 0 spiro atoms. The van der Waals surface area contributed by atoms with Gasteiger partial charge >= 0.3 is 23.9 Å². The van der Waals surface area contributed by atoms with Crippen molar-refractivity contribution in [1.29, 1.82) is 10.5 Å². The summed E-state index contributed by atoms with van der Waals surface area (Å²) in [4.78, 5) is 47.4. The van der Waals surface area contributed by atoms with E-state index in [-0.39, 0.29) is 22.3 Å². The number of esters is 2. The van der Waals surface area contributed by atoms with Crippen molar-refractivity contribution in [3.8, 4) is 12.1 Å². The zero-order chi connectivity index (χ0) is 22.3. The van der Waals surface area contributed by atoms with Crippen molar-refractivity contribution >= 4 is 23.9 Å². The SMILES string of the molecule is N#Cc1ccc(C(=O)OC(C(=O)O)C(OC(=O)c2ccc(C#N)cc2)C(=O)O)cc1. The highest BCUT2D eigenvalue weighted by atomic mass is 16.6. The number of aliphatic carboxylic acids is 2. The lowest BCUT2D eigenvalue weighted by Crippen LogP contribution is -2.45. The average Bonchev–Trinajstić information content (AvgIpc) is 2.75. The van der Waals surface area contributed by atoms with Crippen LogP contribution in [0.25, 0.3) is 0 Å². The molecule has 0 radical (unpaired) electrons. The summed E-state index contributed by atoms with van der Waals surface area (Å²) in [6.07, 6.45) is -4.68. The molecule has 2 aromatic carbocycles. The van der Waals surface area contributed by atoms with Crippen LogP contribution in [-0.2, 0) is 19.1 Å². The van der Waals surface area contributed by atoms with E-state index in [9.17, 15) is 29.4 Å². The van der Waals surface area contributed by atoms with Gasteiger partial charge in [-0.15, -0.1) is 0 Å². The number of nitriles is 2. The molecule has 2 unspecified atom stereocenters. The van der Waals surface area contributed by atoms with Gasteiger partial charge in [0.05, 0.1) is 34.4 Å². The molecule has 0 aromatic heterocycles. The third kappa shape index (κ3) is 5.18. The fourth-order valence-electron chi connectivity index (χ4n) is 2.21. The van der Waals surface area contributed by atoms with E-state index < -0.39 is 36.1 Å². The summed E-state index contributed by atoms with van der Waals surface area (Å²) in [7, 11) is 0. The van der Waals surface area contributed by atoms with E-state index >= 15 is 0 Å². The van der Waals surface area contributed by atoms with Crippen LogP contribution in [0.15, 0.2) is 48.5 Å². The zero-order valence-corrected chi connectivity index (χ0v) is 15.0. The maximum Gasteiger partial charge on any atom is 0.349 e. The molecule has 0 amide bonds. The van der Waals surface area contributed by atoms with E-state index in [1.54, 1.807) is 0 Å². The van der Waals surface area contributed by atoms with Crippen molar-refractivity contribution in [1.82, 2.24) is 0 Å². The second kappa shape index (κ2) is 9.48. The van der Waals surface area contributed by atoms with Crippen LogP contribution in [0.4, 0.5) is 0 Å². The normalized spacial score (nSPS) is 11.8. The molecule has 10 nitrogen and oxygen atoms in total. The third-order valence-electron chi connectivity index (χ3n) is 3.73. The monoisotopic (exact) mass is 408 g/mol. The molecular formula is C20H12N2O8. The maximum absolute atomic E-state index is 12.2. The highest BCUT2D eigenvalue weighted by molar-refractivity contribution is 5.95. The van der Waals surface area contributed by atoms with Crippen LogP contribution in [0, 0.1) is 22.7 Å². The predicted octanol–water partition coefficient (Wildman–Crippen LogP) is 1.35. The van der Waals surface area contributed by atoms with Crippen molar-refractivity contribution in [3.05, 3.63) is 70.8 Å². The van der Waals surface area contributed by atoms with Gasteiger partial charge in [-0.05, 0) is 48.5 Å². The number of hydrogen-bond donors (Lipinski definition) is 2. The second-order valence-electron chi connectivity index (χ2n) is 5.71. The van der Waals surface area contributed by atoms with Crippen LogP contribution in [0.2, 0.25) is 0 Å². The van der Waals surface area contributed by atoms with E-state index in [2.05, 4.69) is 0 Å². The minimum Gasteiger partial charge on any atom is -0.478 e. The van der Waals surface area contributed by atoms with Crippen molar-refractivity contribution < 1.29 is 38.9 Å². The van der Waals surface area contributed by atoms with Gasteiger partial charge in [-0.3, -0.25) is 0 Å². The molecule has 150 valence electrons. The molecule has 0 bridgehead atoms. The number of carboxylic acids is 2. The quantitative estimate of drug-likeness (QED) is 0.636. The summed E-state index contributed by atoms with van der Waals surface area (Å²) in [6, 6.07) is 13.6. The smallest absolute Gasteiger partial charge is 0.349 e. The first-order chi connectivity index (χ1) is 14.3. The van der Waals surface area contributed by atoms with Crippen LogP contribution in [-0.4, -0.2) is 46.3 Å². The summed E-state index contributed by atoms with van der Waals surface area (Å²) < 4.78 is 9.49. The Balaban J connectivity index is 2.22. The second-order valence-corrected chi connectivity index (χ2v) is 5.71. The number of carbonyl (C=O) groups is 4. The first-order valence-electron chi connectivity index (χ1n) is 8.14. The highest BCUT2D eigenvalue weighted by Gasteiger charge is 2.41.